The van der Waals surface area contributed by atoms with Gasteiger partial charge in [-0.05, 0) is 36.8 Å². The molecule has 0 saturated carbocycles. The Bertz CT molecular complexity index is 642. The molecule has 0 atom stereocenters. The summed E-state index contributed by atoms with van der Waals surface area (Å²) in [6.45, 7) is 1.98. The van der Waals surface area contributed by atoms with Crippen LogP contribution in [0.15, 0.2) is 46.9 Å². The minimum absolute atomic E-state index is 0.144. The van der Waals surface area contributed by atoms with Crippen molar-refractivity contribution in [3.8, 4) is 0 Å². The number of carbonyl (C=O) groups excluding carboxylic acids is 1. The zero-order valence-electron chi connectivity index (χ0n) is 11.4. The first kappa shape index (κ1) is 14.7. The molecule has 0 aliphatic carbocycles. The molecular weight excluding hydrogens is 321 g/mol. The second-order valence-electron chi connectivity index (χ2n) is 4.68. The normalized spacial score (nSPS) is 10.4. The third-order valence-corrected chi connectivity index (χ3v) is 3.56. The van der Waals surface area contributed by atoms with Gasteiger partial charge in [0.25, 0.3) is 0 Å². The molecular formula is C16H15BrFNO. The topological polar surface area (TPSA) is 20.3 Å². The van der Waals surface area contributed by atoms with E-state index in [1.165, 1.54) is 13.0 Å². The largest absolute Gasteiger partial charge is 0.370 e. The van der Waals surface area contributed by atoms with Gasteiger partial charge in [0.15, 0.2) is 5.78 Å². The summed E-state index contributed by atoms with van der Waals surface area (Å²) in [5.41, 5.74) is 1.84. The van der Waals surface area contributed by atoms with Gasteiger partial charge in [0.1, 0.15) is 5.82 Å². The van der Waals surface area contributed by atoms with Crippen molar-refractivity contribution in [1.29, 1.82) is 0 Å². The first-order valence-electron chi connectivity index (χ1n) is 6.24. The van der Waals surface area contributed by atoms with E-state index in [0.29, 0.717) is 12.2 Å². The second-order valence-corrected chi connectivity index (χ2v) is 5.59. The Morgan fingerprint density at radius 2 is 1.95 bits per heavy atom. The molecule has 2 aromatic rings. The quantitative estimate of drug-likeness (QED) is 0.770. The maximum absolute atomic E-state index is 13.8. The summed E-state index contributed by atoms with van der Waals surface area (Å²) in [7, 11) is 1.85. The van der Waals surface area contributed by atoms with E-state index in [4.69, 9.17) is 0 Å². The van der Waals surface area contributed by atoms with Crippen molar-refractivity contribution in [2.45, 2.75) is 13.5 Å². The van der Waals surface area contributed by atoms with Crippen molar-refractivity contribution < 1.29 is 9.18 Å². The molecule has 0 amide bonds. The van der Waals surface area contributed by atoms with E-state index in [1.54, 1.807) is 12.1 Å². The molecule has 0 unspecified atom stereocenters. The Balaban J connectivity index is 2.32. The minimum Gasteiger partial charge on any atom is -0.370 e. The van der Waals surface area contributed by atoms with Crippen molar-refractivity contribution in [2.24, 2.45) is 0 Å². The summed E-state index contributed by atoms with van der Waals surface area (Å²) in [5, 5.41) is 0. The van der Waals surface area contributed by atoms with Gasteiger partial charge in [-0.15, -0.1) is 0 Å². The Morgan fingerprint density at radius 1 is 1.25 bits per heavy atom. The highest BCUT2D eigenvalue weighted by Crippen LogP contribution is 2.24. The Kier molecular flexibility index (Phi) is 4.55. The molecule has 0 saturated heterocycles. The van der Waals surface area contributed by atoms with Gasteiger partial charge in [-0.1, -0.05) is 34.1 Å². The molecule has 4 heteroatoms. The van der Waals surface area contributed by atoms with E-state index in [9.17, 15) is 9.18 Å². The summed E-state index contributed by atoms with van der Waals surface area (Å²) >= 11 is 3.42. The van der Waals surface area contributed by atoms with Gasteiger partial charge in [-0.25, -0.2) is 4.39 Å². The highest BCUT2D eigenvalue weighted by Gasteiger charge is 2.15. The fourth-order valence-electron chi connectivity index (χ4n) is 2.17. The first-order valence-corrected chi connectivity index (χ1v) is 7.03. The van der Waals surface area contributed by atoms with Crippen LogP contribution in [0.4, 0.5) is 10.1 Å². The van der Waals surface area contributed by atoms with Crippen LogP contribution in [0.2, 0.25) is 0 Å². The molecule has 20 heavy (non-hydrogen) atoms. The fraction of sp³-hybridized carbons (Fsp3) is 0.188. The number of halogens is 2. The molecule has 0 aliphatic rings. The van der Waals surface area contributed by atoms with Crippen LogP contribution in [0.5, 0.6) is 0 Å². The number of Topliss-reactive ketones (excluding diaryl/α,β-unsaturated/α-hetero) is 1. The smallest absolute Gasteiger partial charge is 0.164 e. The monoisotopic (exact) mass is 335 g/mol. The predicted molar refractivity (Wildman–Crippen MR) is 82.7 cm³/mol. The summed E-state index contributed by atoms with van der Waals surface area (Å²) < 4.78 is 14.8. The van der Waals surface area contributed by atoms with Gasteiger partial charge in [-0.2, -0.15) is 0 Å². The lowest BCUT2D eigenvalue weighted by molar-refractivity contribution is 0.101. The average molecular weight is 336 g/mol. The van der Waals surface area contributed by atoms with Crippen LogP contribution >= 0.6 is 15.9 Å². The highest BCUT2D eigenvalue weighted by atomic mass is 79.9. The lowest BCUT2D eigenvalue weighted by Crippen LogP contribution is -2.19. The molecule has 0 bridgehead atoms. The standard InChI is InChI=1S/C16H15BrFNO/c1-11(20)16-14(18)7-4-8-15(16)19(2)10-12-5-3-6-13(17)9-12/h3-9H,10H2,1-2H3. The van der Waals surface area contributed by atoms with Crippen molar-refractivity contribution >= 4 is 27.4 Å². The molecule has 0 N–H and O–H groups in total. The maximum atomic E-state index is 13.8. The predicted octanol–water partition coefficient (Wildman–Crippen LogP) is 4.43. The summed E-state index contributed by atoms with van der Waals surface area (Å²) in [6, 6.07) is 12.6. The molecule has 2 rings (SSSR count). The summed E-state index contributed by atoms with van der Waals surface area (Å²) in [6.07, 6.45) is 0. The number of carbonyl (C=O) groups is 1. The van der Waals surface area contributed by atoms with Crippen molar-refractivity contribution in [1.82, 2.24) is 0 Å². The molecule has 2 nitrogen and oxygen atoms in total. The molecule has 104 valence electrons. The maximum Gasteiger partial charge on any atom is 0.164 e. The van der Waals surface area contributed by atoms with Crippen LogP contribution in [-0.2, 0) is 6.54 Å². The van der Waals surface area contributed by atoms with Crippen LogP contribution in [0.3, 0.4) is 0 Å². The zero-order chi connectivity index (χ0) is 14.7. The molecule has 0 radical (unpaired) electrons. The molecule has 0 heterocycles. The summed E-state index contributed by atoms with van der Waals surface area (Å²) in [4.78, 5) is 13.5. The van der Waals surface area contributed by atoms with Crippen LogP contribution in [-0.4, -0.2) is 12.8 Å². The van der Waals surface area contributed by atoms with Gasteiger partial charge in [0.2, 0.25) is 0 Å². The number of nitrogens with zero attached hydrogens (tertiary/aromatic N) is 1. The van der Waals surface area contributed by atoms with Crippen molar-refractivity contribution in [3.05, 3.63) is 63.9 Å². The number of benzene rings is 2. The SMILES string of the molecule is CC(=O)c1c(F)cccc1N(C)Cc1cccc(Br)c1. The zero-order valence-corrected chi connectivity index (χ0v) is 12.9. The van der Waals surface area contributed by atoms with E-state index < -0.39 is 5.82 Å². The van der Waals surface area contributed by atoms with Crippen LogP contribution in [0.25, 0.3) is 0 Å². The van der Waals surface area contributed by atoms with E-state index in [2.05, 4.69) is 15.9 Å². The van der Waals surface area contributed by atoms with Gasteiger partial charge in [0, 0.05) is 18.1 Å². The number of hydrogen-bond donors (Lipinski definition) is 0. The van der Waals surface area contributed by atoms with Crippen molar-refractivity contribution in [3.63, 3.8) is 0 Å². The lowest BCUT2D eigenvalue weighted by Gasteiger charge is -2.22. The number of ketones is 1. The van der Waals surface area contributed by atoms with Gasteiger partial charge >= 0.3 is 0 Å². The number of hydrogen-bond acceptors (Lipinski definition) is 2. The van der Waals surface area contributed by atoms with Gasteiger partial charge in [0.05, 0.1) is 11.3 Å². The number of rotatable bonds is 4. The highest BCUT2D eigenvalue weighted by molar-refractivity contribution is 9.10. The Labute approximate surface area is 126 Å². The van der Waals surface area contributed by atoms with Gasteiger partial charge < -0.3 is 4.90 Å². The molecule has 0 spiro atoms. The molecule has 2 aromatic carbocycles. The average Bonchev–Trinajstić information content (AvgIpc) is 2.37. The van der Waals surface area contributed by atoms with Gasteiger partial charge in [-0.3, -0.25) is 4.79 Å². The van der Waals surface area contributed by atoms with E-state index in [0.717, 1.165) is 10.0 Å². The third kappa shape index (κ3) is 3.25. The molecule has 0 fully saturated rings. The van der Waals surface area contributed by atoms with E-state index >= 15 is 0 Å². The fourth-order valence-corrected chi connectivity index (χ4v) is 2.62. The summed E-state index contributed by atoms with van der Waals surface area (Å²) in [5.74, 6) is -0.740. The Morgan fingerprint density at radius 3 is 2.60 bits per heavy atom. The Hall–Kier alpha value is -1.68. The molecule has 0 aromatic heterocycles. The molecule has 0 aliphatic heterocycles. The van der Waals surface area contributed by atoms with Crippen LogP contribution in [0, 0.1) is 5.82 Å². The van der Waals surface area contributed by atoms with Crippen LogP contribution in [0.1, 0.15) is 22.8 Å². The second kappa shape index (κ2) is 6.18. The van der Waals surface area contributed by atoms with E-state index in [-0.39, 0.29) is 11.3 Å². The minimum atomic E-state index is -0.476. The lowest BCUT2D eigenvalue weighted by atomic mass is 10.1. The van der Waals surface area contributed by atoms with Crippen LogP contribution < -0.4 is 4.90 Å². The first-order chi connectivity index (χ1) is 9.49. The number of anilines is 1. The van der Waals surface area contributed by atoms with E-state index in [1.807, 2.05) is 36.2 Å². The third-order valence-electron chi connectivity index (χ3n) is 3.06. The van der Waals surface area contributed by atoms with Crippen molar-refractivity contribution in [2.75, 3.05) is 11.9 Å².